The van der Waals surface area contributed by atoms with Crippen molar-refractivity contribution in [2.75, 3.05) is 31.2 Å². The molecule has 1 fully saturated rings. The fourth-order valence-electron chi connectivity index (χ4n) is 3.65. The van der Waals surface area contributed by atoms with Crippen LogP contribution in [0.5, 0.6) is 0 Å². The summed E-state index contributed by atoms with van der Waals surface area (Å²) in [4.78, 5) is 34.6. The van der Waals surface area contributed by atoms with Crippen molar-refractivity contribution in [2.24, 2.45) is 0 Å². The number of aromatic amines is 1. The molecule has 1 saturated heterocycles. The quantitative estimate of drug-likeness (QED) is 0.621. The molecule has 1 aliphatic heterocycles. The molecule has 0 saturated carbocycles. The van der Waals surface area contributed by atoms with E-state index in [1.54, 1.807) is 19.1 Å². The van der Waals surface area contributed by atoms with E-state index in [-0.39, 0.29) is 11.1 Å². The van der Waals surface area contributed by atoms with E-state index in [9.17, 15) is 14.0 Å². The fraction of sp³-hybridized carbons (Fsp3) is 0.292. The second kappa shape index (κ2) is 9.74. The number of morpholine rings is 1. The molecule has 1 aliphatic rings. The minimum Gasteiger partial charge on any atom is -0.378 e. The van der Waals surface area contributed by atoms with Gasteiger partial charge < -0.3 is 15.0 Å². The van der Waals surface area contributed by atoms with Crippen LogP contribution in [0.3, 0.4) is 0 Å². The molecule has 1 unspecified atom stereocenters. The molecule has 3 aromatic rings. The Hall–Kier alpha value is -3.52. The number of H-pyrrole nitrogens is 1. The van der Waals surface area contributed by atoms with Crippen LogP contribution in [0, 0.1) is 12.7 Å². The Balaban J connectivity index is 1.60. The fourth-order valence-corrected chi connectivity index (χ4v) is 3.65. The molecule has 7 nitrogen and oxygen atoms in total. The Morgan fingerprint density at radius 2 is 1.94 bits per heavy atom. The third-order valence-corrected chi connectivity index (χ3v) is 5.45. The van der Waals surface area contributed by atoms with E-state index in [1.807, 2.05) is 35.2 Å². The minimum atomic E-state index is -0.445. The highest BCUT2D eigenvalue weighted by Crippen LogP contribution is 2.20. The molecule has 8 heteroatoms. The van der Waals surface area contributed by atoms with Crippen LogP contribution >= 0.6 is 0 Å². The second-order valence-electron chi connectivity index (χ2n) is 7.76. The Morgan fingerprint density at radius 3 is 2.66 bits per heavy atom. The molecule has 32 heavy (non-hydrogen) atoms. The van der Waals surface area contributed by atoms with Crippen molar-refractivity contribution in [1.29, 1.82) is 0 Å². The molecule has 2 aromatic carbocycles. The van der Waals surface area contributed by atoms with Crippen molar-refractivity contribution < 1.29 is 13.9 Å². The lowest BCUT2D eigenvalue weighted by molar-refractivity contribution is 0.0936. The zero-order valence-electron chi connectivity index (χ0n) is 17.8. The molecule has 1 amide bonds. The van der Waals surface area contributed by atoms with Crippen LogP contribution in [-0.2, 0) is 11.2 Å². The number of halogens is 1. The smallest absolute Gasteiger partial charge is 0.252 e. The number of anilines is 1. The number of aryl methyl sites for hydroxylation is 1. The number of rotatable bonds is 6. The third-order valence-electron chi connectivity index (χ3n) is 5.45. The molecule has 0 bridgehead atoms. The SMILES string of the molecule is Cc1ccc(C(=O)NC(Cc2cc(=O)[nH]c(N3CCOCC3)n2)c2ccccc2)cc1F. The number of hydrogen-bond acceptors (Lipinski definition) is 5. The van der Waals surface area contributed by atoms with E-state index in [1.165, 1.54) is 12.1 Å². The Morgan fingerprint density at radius 1 is 1.19 bits per heavy atom. The molecular formula is C24H25FN4O3. The normalized spacial score (nSPS) is 14.8. The standard InChI is InChI=1S/C24H25FN4O3/c1-16-7-8-18(13-20(16)25)23(31)27-21(17-5-3-2-4-6-17)14-19-15-22(30)28-24(26-19)29-9-11-32-12-10-29/h2-8,13,15,21H,9-12,14H2,1H3,(H,27,31)(H,26,28,30). The van der Waals surface area contributed by atoms with Crippen LogP contribution in [0.2, 0.25) is 0 Å². The predicted octanol–water partition coefficient (Wildman–Crippen LogP) is 2.77. The zero-order valence-corrected chi connectivity index (χ0v) is 17.8. The summed E-state index contributed by atoms with van der Waals surface area (Å²) in [5, 5.41) is 2.97. The van der Waals surface area contributed by atoms with E-state index in [2.05, 4.69) is 15.3 Å². The van der Waals surface area contributed by atoms with Gasteiger partial charge in [0.2, 0.25) is 5.95 Å². The van der Waals surface area contributed by atoms with Gasteiger partial charge in [0.1, 0.15) is 5.82 Å². The van der Waals surface area contributed by atoms with Crippen molar-refractivity contribution in [2.45, 2.75) is 19.4 Å². The first-order valence-corrected chi connectivity index (χ1v) is 10.5. The van der Waals surface area contributed by atoms with Gasteiger partial charge in [-0.25, -0.2) is 9.37 Å². The van der Waals surface area contributed by atoms with Gasteiger partial charge in [-0.1, -0.05) is 36.4 Å². The van der Waals surface area contributed by atoms with Crippen LogP contribution in [0.1, 0.15) is 33.2 Å². The second-order valence-corrected chi connectivity index (χ2v) is 7.76. The molecule has 2 heterocycles. The van der Waals surface area contributed by atoms with Crippen LogP contribution in [-0.4, -0.2) is 42.2 Å². The summed E-state index contributed by atoms with van der Waals surface area (Å²) >= 11 is 0. The van der Waals surface area contributed by atoms with Gasteiger partial charge in [-0.05, 0) is 30.2 Å². The first kappa shape index (κ1) is 21.7. The maximum absolute atomic E-state index is 14.0. The van der Waals surface area contributed by atoms with Crippen LogP contribution < -0.4 is 15.8 Å². The van der Waals surface area contributed by atoms with Crippen LogP contribution in [0.15, 0.2) is 59.4 Å². The number of nitrogens with zero attached hydrogens (tertiary/aromatic N) is 2. The van der Waals surface area contributed by atoms with E-state index in [0.717, 1.165) is 5.56 Å². The van der Waals surface area contributed by atoms with Crippen molar-refractivity contribution in [3.05, 3.63) is 93.2 Å². The summed E-state index contributed by atoms with van der Waals surface area (Å²) in [6.07, 6.45) is 0.311. The number of benzene rings is 2. The summed E-state index contributed by atoms with van der Waals surface area (Å²) in [5.41, 5.74) is 1.88. The monoisotopic (exact) mass is 436 g/mol. The van der Waals surface area contributed by atoms with Gasteiger partial charge in [-0.3, -0.25) is 14.6 Å². The number of carbonyl (C=O) groups is 1. The lowest BCUT2D eigenvalue weighted by Crippen LogP contribution is -2.38. The third kappa shape index (κ3) is 5.20. The van der Waals surface area contributed by atoms with E-state index in [4.69, 9.17) is 4.74 Å². The van der Waals surface area contributed by atoms with E-state index >= 15 is 0 Å². The number of carbonyl (C=O) groups excluding carboxylic acids is 1. The Bertz CT molecular complexity index is 1140. The highest BCUT2D eigenvalue weighted by Gasteiger charge is 2.20. The first-order valence-electron chi connectivity index (χ1n) is 10.5. The molecule has 4 rings (SSSR count). The van der Waals surface area contributed by atoms with Crippen molar-refractivity contribution in [3.8, 4) is 0 Å². The lowest BCUT2D eigenvalue weighted by Gasteiger charge is -2.27. The van der Waals surface area contributed by atoms with E-state index in [0.29, 0.717) is 49.9 Å². The predicted molar refractivity (Wildman–Crippen MR) is 119 cm³/mol. The summed E-state index contributed by atoms with van der Waals surface area (Å²) in [6, 6.07) is 14.8. The van der Waals surface area contributed by atoms with Crippen molar-refractivity contribution in [1.82, 2.24) is 15.3 Å². The van der Waals surface area contributed by atoms with Gasteiger partial charge in [0.05, 0.1) is 24.9 Å². The maximum Gasteiger partial charge on any atom is 0.252 e. The van der Waals surface area contributed by atoms with Crippen LogP contribution in [0.4, 0.5) is 10.3 Å². The number of nitrogens with one attached hydrogen (secondary N) is 2. The highest BCUT2D eigenvalue weighted by molar-refractivity contribution is 5.94. The molecule has 1 aromatic heterocycles. The first-order chi connectivity index (χ1) is 15.5. The van der Waals surface area contributed by atoms with Gasteiger partial charge in [-0.15, -0.1) is 0 Å². The molecular weight excluding hydrogens is 411 g/mol. The summed E-state index contributed by atoms with van der Waals surface area (Å²) < 4.78 is 19.3. The average Bonchev–Trinajstić information content (AvgIpc) is 2.81. The van der Waals surface area contributed by atoms with Gasteiger partial charge >= 0.3 is 0 Å². The molecule has 0 spiro atoms. The van der Waals surface area contributed by atoms with Crippen molar-refractivity contribution >= 4 is 11.9 Å². The number of amides is 1. The molecule has 166 valence electrons. The number of aromatic nitrogens is 2. The Kier molecular flexibility index (Phi) is 6.61. The van der Waals surface area contributed by atoms with Gasteiger partial charge in [0.25, 0.3) is 11.5 Å². The summed E-state index contributed by atoms with van der Waals surface area (Å²) in [7, 11) is 0. The Labute approximate surface area is 185 Å². The van der Waals surface area contributed by atoms with Gasteiger partial charge in [0.15, 0.2) is 0 Å². The summed E-state index contributed by atoms with van der Waals surface area (Å²) in [5.74, 6) is -0.328. The van der Waals surface area contributed by atoms with E-state index < -0.39 is 17.8 Å². The molecule has 1 atom stereocenters. The number of ether oxygens (including phenoxy) is 1. The zero-order chi connectivity index (χ0) is 22.5. The topological polar surface area (TPSA) is 87.3 Å². The minimum absolute atomic E-state index is 0.238. The molecule has 0 radical (unpaired) electrons. The van der Waals surface area contributed by atoms with Gasteiger partial charge in [-0.2, -0.15) is 0 Å². The largest absolute Gasteiger partial charge is 0.378 e. The van der Waals surface area contributed by atoms with Gasteiger partial charge in [0, 0.05) is 31.1 Å². The number of hydrogen-bond donors (Lipinski definition) is 2. The molecule has 0 aliphatic carbocycles. The van der Waals surface area contributed by atoms with Crippen molar-refractivity contribution in [3.63, 3.8) is 0 Å². The maximum atomic E-state index is 14.0. The lowest BCUT2D eigenvalue weighted by atomic mass is 10.0. The highest BCUT2D eigenvalue weighted by atomic mass is 19.1. The molecule has 2 N–H and O–H groups in total. The average molecular weight is 436 g/mol. The van der Waals surface area contributed by atoms with Crippen LogP contribution in [0.25, 0.3) is 0 Å². The summed E-state index contributed by atoms with van der Waals surface area (Å²) in [6.45, 7) is 4.08.